The Morgan fingerprint density at radius 1 is 0.732 bits per heavy atom. The van der Waals surface area contributed by atoms with E-state index in [0.29, 0.717) is 82.7 Å². The van der Waals surface area contributed by atoms with Gasteiger partial charge in [-0.2, -0.15) is 0 Å². The number of rotatable bonds is 10. The lowest BCUT2D eigenvalue weighted by Crippen LogP contribution is -2.33. The van der Waals surface area contributed by atoms with Crippen molar-refractivity contribution in [2.75, 3.05) is 52.9 Å². The van der Waals surface area contributed by atoms with Crippen LogP contribution in [0.3, 0.4) is 0 Å². The summed E-state index contributed by atoms with van der Waals surface area (Å²) in [6, 6.07) is 23.0. The minimum absolute atomic E-state index is 0.108. The van der Waals surface area contributed by atoms with Crippen LogP contribution in [-0.2, 0) is 25.5 Å². The maximum atomic E-state index is 13.1. The van der Waals surface area contributed by atoms with E-state index in [1.54, 1.807) is 15.2 Å². The number of ether oxygens (including phenoxy) is 6. The molecular weight excluding hydrogens is 709 g/mol. The maximum absolute atomic E-state index is 13.1. The van der Waals surface area contributed by atoms with E-state index in [1.807, 2.05) is 63.2 Å². The molecule has 6 atom stereocenters. The second-order valence-corrected chi connectivity index (χ2v) is 15.3. The highest BCUT2D eigenvalue weighted by molar-refractivity contribution is 5.44. The lowest BCUT2D eigenvalue weighted by molar-refractivity contribution is -0.101. The van der Waals surface area contributed by atoms with Gasteiger partial charge in [-0.3, -0.25) is 9.59 Å². The van der Waals surface area contributed by atoms with Crippen LogP contribution < -0.4 is 20.6 Å². The van der Waals surface area contributed by atoms with Crippen LogP contribution in [-0.4, -0.2) is 74.2 Å². The molecule has 290 valence electrons. The predicted octanol–water partition coefficient (Wildman–Crippen LogP) is 5.30. The van der Waals surface area contributed by atoms with E-state index < -0.39 is 0 Å². The van der Waals surface area contributed by atoms with Crippen LogP contribution in [0.4, 0.5) is 0 Å². The molecule has 2 aromatic heterocycles. The first-order valence-electron chi connectivity index (χ1n) is 19.5. The molecule has 10 heteroatoms. The number of aromatic nitrogens is 2. The standard InChI is InChI=1S/C46H48N2O8/c1-31-19-40(55-29-42-27-51-15-17-53-42)22-44(49)47(31)26-36-6-4-5-35(21-36)10-14-39-25-46(39)24-38(46)13-9-34-7-11-37(12-8-34)33(3)48-32(2)20-41(23-45(48)50)56-30-43-28-52-16-18-54-43/h4-8,11-12,19-23,33,38-39,42-43H,15-18,24-30H2,1-3H3/t33?,38?,39?,42-,43?,46?/m1/s1. The molecule has 1 spiro atoms. The summed E-state index contributed by atoms with van der Waals surface area (Å²) >= 11 is 0. The second-order valence-electron chi connectivity index (χ2n) is 15.3. The molecule has 2 saturated heterocycles. The molecule has 4 aromatic rings. The summed E-state index contributed by atoms with van der Waals surface area (Å²) in [6.07, 6.45) is 1.92. The first-order chi connectivity index (χ1) is 27.2. The fourth-order valence-electron chi connectivity index (χ4n) is 7.80. The molecule has 8 rings (SSSR count). The van der Waals surface area contributed by atoms with Crippen molar-refractivity contribution in [2.24, 2.45) is 17.3 Å². The normalized spacial score (nSPS) is 24.3. The van der Waals surface area contributed by atoms with Crippen LogP contribution >= 0.6 is 0 Å². The van der Waals surface area contributed by atoms with Crippen LogP contribution in [0.5, 0.6) is 11.5 Å². The van der Waals surface area contributed by atoms with E-state index in [2.05, 4.69) is 41.9 Å². The van der Waals surface area contributed by atoms with Crippen molar-refractivity contribution in [3.05, 3.63) is 127 Å². The topological polar surface area (TPSA) is 99.4 Å². The third-order valence-electron chi connectivity index (χ3n) is 11.3. The van der Waals surface area contributed by atoms with Gasteiger partial charge < -0.3 is 37.6 Å². The van der Waals surface area contributed by atoms with Gasteiger partial charge in [-0.05, 0) is 81.1 Å². The number of aryl methyl sites for hydroxylation is 2. The summed E-state index contributed by atoms with van der Waals surface area (Å²) in [5.74, 6) is 15.6. The lowest BCUT2D eigenvalue weighted by Gasteiger charge is -2.23. The average molecular weight is 757 g/mol. The fourth-order valence-corrected chi connectivity index (χ4v) is 7.80. The van der Waals surface area contributed by atoms with Crippen molar-refractivity contribution in [1.82, 2.24) is 9.13 Å². The van der Waals surface area contributed by atoms with Crippen molar-refractivity contribution in [3.8, 4) is 35.2 Å². The number of pyridine rings is 2. The van der Waals surface area contributed by atoms with E-state index in [4.69, 9.17) is 28.4 Å². The molecule has 4 heterocycles. The fraction of sp³-hybridized carbons (Fsp3) is 0.435. The van der Waals surface area contributed by atoms with Crippen LogP contribution in [0, 0.1) is 54.8 Å². The maximum Gasteiger partial charge on any atom is 0.254 e. The zero-order chi connectivity index (χ0) is 38.6. The van der Waals surface area contributed by atoms with Gasteiger partial charge in [0.2, 0.25) is 0 Å². The van der Waals surface area contributed by atoms with E-state index >= 15 is 0 Å². The Bertz CT molecular complexity index is 2300. The summed E-state index contributed by atoms with van der Waals surface area (Å²) in [7, 11) is 0. The van der Waals surface area contributed by atoms with E-state index in [0.717, 1.165) is 46.5 Å². The van der Waals surface area contributed by atoms with Gasteiger partial charge >= 0.3 is 0 Å². The SMILES string of the molecule is Cc1cc(OC[C@H]2COCCO2)cc(=O)n1Cc1cccc(C#CC2CC23CC3C#Cc2ccc(C(C)n3c(C)cc(OCC4COCCO4)cc3=O)cc2)c1. The third-order valence-corrected chi connectivity index (χ3v) is 11.3. The smallest absolute Gasteiger partial charge is 0.254 e. The minimum Gasteiger partial charge on any atom is -0.491 e. The van der Waals surface area contributed by atoms with Crippen molar-refractivity contribution in [3.63, 3.8) is 0 Å². The number of benzene rings is 2. The molecule has 4 fully saturated rings. The highest BCUT2D eigenvalue weighted by Gasteiger charge is 2.69. The number of nitrogens with zero attached hydrogens (tertiary/aromatic N) is 2. The van der Waals surface area contributed by atoms with E-state index in [-0.39, 0.29) is 34.8 Å². The number of hydrogen-bond donors (Lipinski definition) is 0. The van der Waals surface area contributed by atoms with Crippen molar-refractivity contribution < 1.29 is 28.4 Å². The molecule has 0 bridgehead atoms. The zero-order valence-corrected chi connectivity index (χ0v) is 32.3. The summed E-state index contributed by atoms with van der Waals surface area (Å²) in [6.45, 7) is 10.3. The molecule has 0 amide bonds. The molecule has 10 nitrogen and oxygen atoms in total. The van der Waals surface area contributed by atoms with Gasteiger partial charge in [0.1, 0.15) is 36.9 Å². The van der Waals surface area contributed by atoms with Gasteiger partial charge in [-0.1, -0.05) is 47.9 Å². The molecule has 2 aromatic carbocycles. The van der Waals surface area contributed by atoms with Crippen LogP contribution in [0.15, 0.2) is 82.4 Å². The van der Waals surface area contributed by atoms with Crippen LogP contribution in [0.1, 0.15) is 59.4 Å². The highest BCUT2D eigenvalue weighted by atomic mass is 16.6. The van der Waals surface area contributed by atoms with Gasteiger partial charge in [0, 0.05) is 51.9 Å². The molecule has 4 aliphatic rings. The summed E-state index contributed by atoms with van der Waals surface area (Å²) in [5.41, 5.74) is 5.63. The first-order valence-corrected chi connectivity index (χ1v) is 19.5. The Balaban J connectivity index is 0.836. The van der Waals surface area contributed by atoms with E-state index in [9.17, 15) is 9.59 Å². The second kappa shape index (κ2) is 16.6. The molecule has 2 aliphatic heterocycles. The Hall–Kier alpha value is -5.10. The first kappa shape index (κ1) is 37.8. The molecule has 2 saturated carbocycles. The lowest BCUT2D eigenvalue weighted by atomic mass is 10.0. The summed E-state index contributed by atoms with van der Waals surface area (Å²) in [5, 5.41) is 0. The van der Waals surface area contributed by atoms with Crippen molar-refractivity contribution >= 4 is 0 Å². The molecule has 2 aliphatic carbocycles. The molecular formula is C46H48N2O8. The Labute approximate surface area is 327 Å². The largest absolute Gasteiger partial charge is 0.491 e. The summed E-state index contributed by atoms with van der Waals surface area (Å²) < 4.78 is 37.4. The van der Waals surface area contributed by atoms with Gasteiger partial charge in [0.15, 0.2) is 0 Å². The Morgan fingerprint density at radius 2 is 1.34 bits per heavy atom. The Kier molecular flexibility index (Phi) is 11.2. The predicted molar refractivity (Wildman–Crippen MR) is 211 cm³/mol. The molecule has 0 radical (unpaired) electrons. The third kappa shape index (κ3) is 8.80. The Morgan fingerprint density at radius 3 is 1.93 bits per heavy atom. The van der Waals surface area contributed by atoms with Crippen molar-refractivity contribution in [2.45, 2.75) is 58.4 Å². The average Bonchev–Trinajstić information content (AvgIpc) is 4.12. The molecule has 0 N–H and O–H groups in total. The van der Waals surface area contributed by atoms with Crippen LogP contribution in [0.2, 0.25) is 0 Å². The van der Waals surface area contributed by atoms with Gasteiger partial charge in [-0.25, -0.2) is 0 Å². The zero-order valence-electron chi connectivity index (χ0n) is 32.3. The quantitative estimate of drug-likeness (QED) is 0.201. The number of hydrogen-bond acceptors (Lipinski definition) is 8. The van der Waals surface area contributed by atoms with Gasteiger partial charge in [-0.15, -0.1) is 0 Å². The van der Waals surface area contributed by atoms with Gasteiger partial charge in [0.05, 0.1) is 52.2 Å². The molecule has 56 heavy (non-hydrogen) atoms. The van der Waals surface area contributed by atoms with Crippen LogP contribution in [0.25, 0.3) is 0 Å². The minimum atomic E-state index is -0.145. The van der Waals surface area contributed by atoms with E-state index in [1.165, 1.54) is 6.07 Å². The summed E-state index contributed by atoms with van der Waals surface area (Å²) in [4.78, 5) is 26.2. The highest BCUT2D eigenvalue weighted by Crippen LogP contribution is 2.74. The monoisotopic (exact) mass is 756 g/mol. The van der Waals surface area contributed by atoms with Crippen molar-refractivity contribution in [1.29, 1.82) is 0 Å². The van der Waals surface area contributed by atoms with Gasteiger partial charge in [0.25, 0.3) is 11.1 Å². The molecule has 5 unspecified atom stereocenters.